The number of benzene rings is 3. The summed E-state index contributed by atoms with van der Waals surface area (Å²) in [4.78, 5) is 12.8. The maximum absolute atomic E-state index is 13.9. The minimum atomic E-state index is -3.66. The van der Waals surface area contributed by atoms with Gasteiger partial charge < -0.3 is 38.5 Å². The van der Waals surface area contributed by atoms with Gasteiger partial charge >= 0.3 is 13.6 Å². The zero-order valence-corrected chi connectivity index (χ0v) is 30.2. The Hall–Kier alpha value is -2.92. The fourth-order valence-corrected chi connectivity index (χ4v) is 6.98. The Morgan fingerprint density at radius 2 is 1.27 bits per heavy atom. The molecule has 0 amide bonds. The molecule has 6 unspecified atom stereocenters. The van der Waals surface area contributed by atoms with Gasteiger partial charge in [-0.3, -0.25) is 9.36 Å². The smallest absolute Gasteiger partial charge is 0.333 e. The van der Waals surface area contributed by atoms with E-state index in [-0.39, 0.29) is 31.9 Å². The Kier molecular flexibility index (Phi) is 18.8. The number of carbonyl (C=O) groups excluding carboxylic acids is 1. The van der Waals surface area contributed by atoms with Crippen molar-refractivity contribution in [2.75, 3.05) is 40.1 Å². The van der Waals surface area contributed by atoms with Crippen LogP contribution in [0.3, 0.4) is 0 Å². The quantitative estimate of drug-likeness (QED) is 0.0565. The highest BCUT2D eigenvalue weighted by Crippen LogP contribution is 2.49. The van der Waals surface area contributed by atoms with Gasteiger partial charge in [0, 0.05) is 27.1 Å². The molecule has 3 rings (SSSR count). The molecule has 11 heteroatoms. The topological polar surface area (TPSA) is 125 Å². The third-order valence-corrected chi connectivity index (χ3v) is 10.0. The first-order valence-electron chi connectivity index (χ1n) is 16.9. The van der Waals surface area contributed by atoms with Gasteiger partial charge in [-0.2, -0.15) is 0 Å². The SMILES string of the molecule is COC(CP(=O)(OC)OCCCCCN)C(OCc1ccccc1)C(OC(C)=O)C(OCc1ccccc1)C(C)COCc1ccccc1. The van der Waals surface area contributed by atoms with E-state index in [0.29, 0.717) is 26.2 Å². The van der Waals surface area contributed by atoms with Crippen molar-refractivity contribution in [1.29, 1.82) is 0 Å². The van der Waals surface area contributed by atoms with E-state index in [1.54, 1.807) is 0 Å². The Balaban J connectivity index is 1.95. The highest BCUT2D eigenvalue weighted by Gasteiger charge is 2.44. The first-order chi connectivity index (χ1) is 23.8. The Morgan fingerprint density at radius 1 is 0.735 bits per heavy atom. The van der Waals surface area contributed by atoms with Crippen LogP contribution in [0.5, 0.6) is 0 Å². The normalized spacial score (nSPS) is 15.9. The molecule has 0 aromatic heterocycles. The van der Waals surface area contributed by atoms with E-state index in [4.69, 9.17) is 38.5 Å². The molecule has 3 aromatic rings. The molecule has 0 fully saturated rings. The summed E-state index contributed by atoms with van der Waals surface area (Å²) in [5.74, 6) is -0.796. The second-order valence-electron chi connectivity index (χ2n) is 12.0. The third-order valence-electron chi connectivity index (χ3n) is 8.06. The van der Waals surface area contributed by atoms with Crippen LogP contribution in [0.2, 0.25) is 0 Å². The van der Waals surface area contributed by atoms with E-state index >= 15 is 0 Å². The molecule has 0 aliphatic rings. The van der Waals surface area contributed by atoms with Crippen LogP contribution in [0.15, 0.2) is 91.0 Å². The average molecular weight is 700 g/mol. The Labute approximate surface area is 292 Å². The van der Waals surface area contributed by atoms with Crippen LogP contribution >= 0.6 is 7.60 Å². The van der Waals surface area contributed by atoms with Crippen molar-refractivity contribution in [2.24, 2.45) is 11.7 Å². The summed E-state index contributed by atoms with van der Waals surface area (Å²) < 4.78 is 56.7. The summed E-state index contributed by atoms with van der Waals surface area (Å²) in [5, 5.41) is 0. The molecule has 0 heterocycles. The summed E-state index contributed by atoms with van der Waals surface area (Å²) in [6.07, 6.45) is -1.27. The minimum absolute atomic E-state index is 0.140. The second kappa shape index (κ2) is 22.7. The highest BCUT2D eigenvalue weighted by atomic mass is 31.2. The number of nitrogens with two attached hydrogens (primary N) is 1. The van der Waals surface area contributed by atoms with Crippen LogP contribution in [-0.4, -0.2) is 70.5 Å². The molecule has 0 bridgehead atoms. The van der Waals surface area contributed by atoms with Gasteiger partial charge in [0.15, 0.2) is 6.10 Å². The van der Waals surface area contributed by atoms with Crippen LogP contribution in [0.25, 0.3) is 0 Å². The van der Waals surface area contributed by atoms with E-state index in [9.17, 15) is 9.36 Å². The zero-order chi connectivity index (χ0) is 35.3. The lowest BCUT2D eigenvalue weighted by molar-refractivity contribution is -0.197. The number of carbonyl (C=O) groups is 1. The van der Waals surface area contributed by atoms with Crippen molar-refractivity contribution in [3.05, 3.63) is 108 Å². The minimum Gasteiger partial charge on any atom is -0.457 e. The van der Waals surface area contributed by atoms with E-state index < -0.39 is 38.0 Å². The van der Waals surface area contributed by atoms with Gasteiger partial charge in [0.2, 0.25) is 0 Å². The van der Waals surface area contributed by atoms with E-state index in [0.717, 1.165) is 29.5 Å². The van der Waals surface area contributed by atoms with Crippen molar-refractivity contribution >= 4 is 13.6 Å². The van der Waals surface area contributed by atoms with E-state index in [1.807, 2.05) is 97.9 Å². The first-order valence-corrected chi connectivity index (χ1v) is 18.6. The number of esters is 1. The Morgan fingerprint density at radius 3 is 1.76 bits per heavy atom. The second-order valence-corrected chi connectivity index (χ2v) is 14.2. The summed E-state index contributed by atoms with van der Waals surface area (Å²) in [6, 6.07) is 29.3. The summed E-state index contributed by atoms with van der Waals surface area (Å²) in [7, 11) is -0.798. The predicted octanol–water partition coefficient (Wildman–Crippen LogP) is 6.94. The maximum Gasteiger partial charge on any atom is 0.333 e. The molecule has 49 heavy (non-hydrogen) atoms. The molecule has 0 radical (unpaired) electrons. The molecule has 270 valence electrons. The lowest BCUT2D eigenvalue weighted by Crippen LogP contribution is -2.53. The van der Waals surface area contributed by atoms with Crippen LogP contribution in [0, 0.1) is 5.92 Å². The number of rotatable bonds is 25. The van der Waals surface area contributed by atoms with Crippen molar-refractivity contribution in [3.8, 4) is 0 Å². The molecule has 0 saturated heterocycles. The number of ether oxygens (including phenoxy) is 5. The van der Waals surface area contributed by atoms with Gasteiger partial charge in [-0.15, -0.1) is 0 Å². The molecule has 0 aliphatic heterocycles. The lowest BCUT2D eigenvalue weighted by Gasteiger charge is -2.39. The molecule has 2 N–H and O–H groups in total. The van der Waals surface area contributed by atoms with Crippen molar-refractivity contribution in [3.63, 3.8) is 0 Å². The molecule has 0 aliphatic carbocycles. The molecule has 6 atom stereocenters. The maximum atomic E-state index is 13.9. The van der Waals surface area contributed by atoms with E-state index in [1.165, 1.54) is 21.1 Å². The van der Waals surface area contributed by atoms with Gasteiger partial charge in [0.05, 0.1) is 45.3 Å². The molecular weight excluding hydrogens is 645 g/mol. The number of hydrogen-bond donors (Lipinski definition) is 1. The van der Waals surface area contributed by atoms with Crippen LogP contribution < -0.4 is 5.73 Å². The predicted molar refractivity (Wildman–Crippen MR) is 190 cm³/mol. The van der Waals surface area contributed by atoms with Crippen LogP contribution in [0.4, 0.5) is 0 Å². The van der Waals surface area contributed by atoms with Gasteiger partial charge in [-0.1, -0.05) is 97.9 Å². The summed E-state index contributed by atoms with van der Waals surface area (Å²) >= 11 is 0. The lowest BCUT2D eigenvalue weighted by atomic mass is 9.93. The Bertz CT molecular complexity index is 1350. The third kappa shape index (κ3) is 14.8. The van der Waals surface area contributed by atoms with Gasteiger partial charge in [0.1, 0.15) is 12.2 Å². The van der Waals surface area contributed by atoms with Crippen LogP contribution in [0.1, 0.15) is 49.8 Å². The molecule has 10 nitrogen and oxygen atoms in total. The standard InChI is InChI=1S/C38H54NO9P/c1-30(25-44-26-32-17-9-5-10-18-32)36(45-27-33-19-11-6-12-20-33)38(48-31(2)40)37(46-28-34-21-13-7-14-22-34)35(42-3)29-49(41,43-4)47-24-16-8-15-23-39/h5-7,9-14,17-22,30,35-38H,8,15-16,23-29,39H2,1-4H3. The monoisotopic (exact) mass is 699 g/mol. The largest absolute Gasteiger partial charge is 0.457 e. The number of unbranched alkanes of at least 4 members (excludes halogenated alkanes) is 2. The summed E-state index contributed by atoms with van der Waals surface area (Å²) in [5.41, 5.74) is 8.51. The van der Waals surface area contributed by atoms with Crippen molar-refractivity contribution < 1.29 is 42.1 Å². The molecular formula is C38H54NO9P. The fourth-order valence-electron chi connectivity index (χ4n) is 5.41. The molecule has 0 saturated carbocycles. The van der Waals surface area contributed by atoms with Gasteiger partial charge in [-0.25, -0.2) is 0 Å². The average Bonchev–Trinajstić information content (AvgIpc) is 3.12. The highest BCUT2D eigenvalue weighted by molar-refractivity contribution is 7.53. The van der Waals surface area contributed by atoms with E-state index in [2.05, 4.69) is 0 Å². The van der Waals surface area contributed by atoms with Gasteiger partial charge in [0.25, 0.3) is 0 Å². The molecule has 0 spiro atoms. The van der Waals surface area contributed by atoms with Crippen LogP contribution in [-0.2, 0) is 61.9 Å². The zero-order valence-electron chi connectivity index (χ0n) is 29.3. The number of methoxy groups -OCH3 is 1. The first kappa shape index (κ1) is 40.5. The number of hydrogen-bond acceptors (Lipinski definition) is 10. The van der Waals surface area contributed by atoms with Crippen molar-refractivity contribution in [2.45, 2.75) is 77.3 Å². The summed E-state index contributed by atoms with van der Waals surface area (Å²) in [6.45, 7) is 5.28. The van der Waals surface area contributed by atoms with Crippen molar-refractivity contribution in [1.82, 2.24) is 0 Å². The molecule has 3 aromatic carbocycles. The fraction of sp³-hybridized carbons (Fsp3) is 0.500. The van der Waals surface area contributed by atoms with Gasteiger partial charge in [-0.05, 0) is 42.5 Å².